The number of benzene rings is 1. The zero-order chi connectivity index (χ0) is 13.9. The fourth-order valence-electron chi connectivity index (χ4n) is 2.37. The number of halogens is 1. The van der Waals surface area contributed by atoms with Crippen molar-refractivity contribution >= 4 is 32.6 Å². The molecule has 1 aliphatic heterocycles. The summed E-state index contributed by atoms with van der Waals surface area (Å²) in [5.74, 6) is 0. The molecule has 4 nitrogen and oxygen atoms in total. The topological polar surface area (TPSA) is 49.4 Å². The molecule has 0 saturated carbocycles. The summed E-state index contributed by atoms with van der Waals surface area (Å²) in [4.78, 5) is 0.403. The van der Waals surface area contributed by atoms with E-state index in [2.05, 4.69) is 27.9 Å². The maximum Gasteiger partial charge on any atom is 0.243 e. The minimum atomic E-state index is -3.38. The van der Waals surface area contributed by atoms with Crippen LogP contribution in [0.4, 0.5) is 0 Å². The standard InChI is InChI=1S/C13H19IN2O2S/c1-2-8-16(12-6-7-15-10-12)19(17,18)13-5-3-4-11(14)9-13/h3-5,9,12,15H,2,6-8,10H2,1H3. The van der Waals surface area contributed by atoms with Crippen molar-refractivity contribution in [2.45, 2.75) is 30.7 Å². The van der Waals surface area contributed by atoms with Crippen molar-refractivity contribution in [2.24, 2.45) is 0 Å². The molecule has 1 N–H and O–H groups in total. The Balaban J connectivity index is 2.33. The molecule has 106 valence electrons. The van der Waals surface area contributed by atoms with Crippen molar-refractivity contribution < 1.29 is 8.42 Å². The van der Waals surface area contributed by atoms with Gasteiger partial charge in [-0.05, 0) is 60.2 Å². The summed E-state index contributed by atoms with van der Waals surface area (Å²) in [6, 6.07) is 7.21. The predicted octanol–water partition coefficient (Wildman–Crippen LogP) is 2.05. The first-order valence-electron chi connectivity index (χ1n) is 6.54. The summed E-state index contributed by atoms with van der Waals surface area (Å²) in [6.45, 7) is 4.25. The van der Waals surface area contributed by atoms with Crippen LogP contribution in [0.5, 0.6) is 0 Å². The number of sulfonamides is 1. The van der Waals surface area contributed by atoms with Crippen molar-refractivity contribution in [3.63, 3.8) is 0 Å². The van der Waals surface area contributed by atoms with E-state index in [1.54, 1.807) is 22.5 Å². The molecule has 6 heteroatoms. The van der Waals surface area contributed by atoms with Crippen molar-refractivity contribution in [1.29, 1.82) is 0 Å². The van der Waals surface area contributed by atoms with Gasteiger partial charge in [0.2, 0.25) is 10.0 Å². The van der Waals surface area contributed by atoms with Gasteiger partial charge >= 0.3 is 0 Å². The smallest absolute Gasteiger partial charge is 0.243 e. The minimum Gasteiger partial charge on any atom is -0.315 e. The van der Waals surface area contributed by atoms with Gasteiger partial charge in [-0.2, -0.15) is 4.31 Å². The fraction of sp³-hybridized carbons (Fsp3) is 0.538. The van der Waals surface area contributed by atoms with Crippen molar-refractivity contribution in [2.75, 3.05) is 19.6 Å². The van der Waals surface area contributed by atoms with E-state index in [0.717, 1.165) is 29.5 Å². The van der Waals surface area contributed by atoms with Crippen LogP contribution < -0.4 is 5.32 Å². The van der Waals surface area contributed by atoms with Crippen LogP contribution in [0.2, 0.25) is 0 Å². The van der Waals surface area contributed by atoms with Crippen LogP contribution in [0.3, 0.4) is 0 Å². The Morgan fingerprint density at radius 1 is 1.47 bits per heavy atom. The molecule has 0 amide bonds. The molecule has 1 aromatic carbocycles. The van der Waals surface area contributed by atoms with Crippen LogP contribution in [0, 0.1) is 3.57 Å². The van der Waals surface area contributed by atoms with Crippen LogP contribution in [-0.2, 0) is 10.0 Å². The van der Waals surface area contributed by atoms with Crippen LogP contribution in [-0.4, -0.2) is 38.4 Å². The molecule has 0 radical (unpaired) electrons. The Morgan fingerprint density at radius 3 is 2.84 bits per heavy atom. The van der Waals surface area contributed by atoms with E-state index in [4.69, 9.17) is 0 Å². The van der Waals surface area contributed by atoms with E-state index in [1.165, 1.54) is 0 Å². The normalized spacial score (nSPS) is 20.1. The van der Waals surface area contributed by atoms with Gasteiger partial charge in [0, 0.05) is 22.7 Å². The van der Waals surface area contributed by atoms with Gasteiger partial charge < -0.3 is 5.32 Å². The van der Waals surface area contributed by atoms with Crippen LogP contribution in [0.15, 0.2) is 29.2 Å². The zero-order valence-electron chi connectivity index (χ0n) is 11.0. The zero-order valence-corrected chi connectivity index (χ0v) is 13.9. The summed E-state index contributed by atoms with van der Waals surface area (Å²) in [6.07, 6.45) is 1.73. The number of nitrogens with one attached hydrogen (secondary N) is 1. The van der Waals surface area contributed by atoms with Crippen LogP contribution >= 0.6 is 22.6 Å². The van der Waals surface area contributed by atoms with E-state index in [1.807, 2.05) is 13.0 Å². The second-order valence-corrected chi connectivity index (χ2v) is 7.86. The van der Waals surface area contributed by atoms with E-state index in [-0.39, 0.29) is 6.04 Å². The highest BCUT2D eigenvalue weighted by molar-refractivity contribution is 14.1. The number of rotatable bonds is 5. The summed E-state index contributed by atoms with van der Waals surface area (Å²) in [7, 11) is -3.38. The van der Waals surface area contributed by atoms with Gasteiger partial charge in [0.25, 0.3) is 0 Å². The predicted molar refractivity (Wildman–Crippen MR) is 84.6 cm³/mol. The van der Waals surface area contributed by atoms with Gasteiger partial charge in [-0.25, -0.2) is 8.42 Å². The lowest BCUT2D eigenvalue weighted by Gasteiger charge is -2.27. The number of hydrogen-bond acceptors (Lipinski definition) is 3. The van der Waals surface area contributed by atoms with Gasteiger partial charge in [0.15, 0.2) is 0 Å². The summed E-state index contributed by atoms with van der Waals surface area (Å²) in [5.41, 5.74) is 0. The van der Waals surface area contributed by atoms with Crippen LogP contribution in [0.25, 0.3) is 0 Å². The molecule has 0 bridgehead atoms. The highest BCUT2D eigenvalue weighted by Crippen LogP contribution is 2.22. The monoisotopic (exact) mass is 394 g/mol. The number of nitrogens with zero attached hydrogens (tertiary/aromatic N) is 1. The fourth-order valence-corrected chi connectivity index (χ4v) is 4.91. The van der Waals surface area contributed by atoms with E-state index < -0.39 is 10.0 Å². The molecule has 1 fully saturated rings. The van der Waals surface area contributed by atoms with Crippen LogP contribution in [0.1, 0.15) is 19.8 Å². The summed E-state index contributed by atoms with van der Waals surface area (Å²) < 4.78 is 28.1. The van der Waals surface area contributed by atoms with Gasteiger partial charge in [-0.3, -0.25) is 0 Å². The molecule has 0 aliphatic carbocycles. The van der Waals surface area contributed by atoms with E-state index in [9.17, 15) is 8.42 Å². The van der Waals surface area contributed by atoms with Gasteiger partial charge in [-0.1, -0.05) is 13.0 Å². The lowest BCUT2D eigenvalue weighted by Crippen LogP contribution is -2.42. The third-order valence-electron chi connectivity index (χ3n) is 3.29. The first-order chi connectivity index (χ1) is 9.05. The Labute approximate surface area is 128 Å². The maximum absolute atomic E-state index is 12.8. The highest BCUT2D eigenvalue weighted by Gasteiger charge is 2.32. The van der Waals surface area contributed by atoms with Gasteiger partial charge in [0.1, 0.15) is 0 Å². The molecular weight excluding hydrogens is 375 g/mol. The molecule has 2 rings (SSSR count). The highest BCUT2D eigenvalue weighted by atomic mass is 127. The molecule has 19 heavy (non-hydrogen) atoms. The molecule has 1 atom stereocenters. The first kappa shape index (κ1) is 15.2. The third kappa shape index (κ3) is 3.48. The molecule has 1 unspecified atom stereocenters. The van der Waals surface area contributed by atoms with Gasteiger partial charge in [0.05, 0.1) is 4.90 Å². The minimum absolute atomic E-state index is 0.0859. The Hall–Kier alpha value is -0.180. The van der Waals surface area contributed by atoms with Crippen molar-refractivity contribution in [3.05, 3.63) is 27.8 Å². The largest absolute Gasteiger partial charge is 0.315 e. The second-order valence-electron chi connectivity index (χ2n) is 4.72. The number of hydrogen-bond donors (Lipinski definition) is 1. The average molecular weight is 394 g/mol. The second kappa shape index (κ2) is 6.51. The lowest BCUT2D eigenvalue weighted by molar-refractivity contribution is 0.335. The third-order valence-corrected chi connectivity index (χ3v) is 5.91. The Kier molecular flexibility index (Phi) is 5.22. The Morgan fingerprint density at radius 2 is 2.26 bits per heavy atom. The first-order valence-corrected chi connectivity index (χ1v) is 9.05. The molecule has 0 aromatic heterocycles. The summed E-state index contributed by atoms with van der Waals surface area (Å²) in [5, 5.41) is 3.24. The van der Waals surface area contributed by atoms with Crippen molar-refractivity contribution in [1.82, 2.24) is 9.62 Å². The molecule has 1 heterocycles. The van der Waals surface area contributed by atoms with E-state index >= 15 is 0 Å². The van der Waals surface area contributed by atoms with E-state index in [0.29, 0.717) is 11.4 Å². The maximum atomic E-state index is 12.8. The molecular formula is C13H19IN2O2S. The quantitative estimate of drug-likeness (QED) is 0.778. The molecule has 1 aliphatic rings. The SMILES string of the molecule is CCCN(C1CCNC1)S(=O)(=O)c1cccc(I)c1. The average Bonchev–Trinajstić information content (AvgIpc) is 2.89. The Bertz CT molecular complexity index is 527. The van der Waals surface area contributed by atoms with Gasteiger partial charge in [-0.15, -0.1) is 0 Å². The molecule has 1 aromatic rings. The van der Waals surface area contributed by atoms with Crippen molar-refractivity contribution in [3.8, 4) is 0 Å². The molecule has 0 spiro atoms. The summed E-state index contributed by atoms with van der Waals surface area (Å²) >= 11 is 2.14. The molecule has 1 saturated heterocycles. The lowest BCUT2D eigenvalue weighted by atomic mass is 10.2.